The average molecular weight is 283 g/mol. The highest BCUT2D eigenvalue weighted by molar-refractivity contribution is 5.81. The van der Waals surface area contributed by atoms with Gasteiger partial charge in [0, 0.05) is 19.5 Å². The molecule has 1 aliphatic carbocycles. The third kappa shape index (κ3) is 3.85. The van der Waals surface area contributed by atoms with Crippen LogP contribution in [0.15, 0.2) is 0 Å². The van der Waals surface area contributed by atoms with E-state index in [-0.39, 0.29) is 29.8 Å². The summed E-state index contributed by atoms with van der Waals surface area (Å²) in [4.78, 5) is 33.9. The third-order valence-electron chi connectivity index (χ3n) is 4.06. The van der Waals surface area contributed by atoms with Gasteiger partial charge in [-0.3, -0.25) is 9.59 Å². The molecule has 3 atom stereocenters. The minimum absolute atomic E-state index is 0.00432. The molecule has 0 aromatic heterocycles. The lowest BCUT2D eigenvalue weighted by atomic mass is 9.79. The summed E-state index contributed by atoms with van der Waals surface area (Å²) < 4.78 is 0. The first kappa shape index (κ1) is 14.6. The SMILES string of the molecule is O=C1CC(NC(=O)NCC2CCCCC2C(=O)O)CN1. The zero-order valence-electron chi connectivity index (χ0n) is 11.4. The summed E-state index contributed by atoms with van der Waals surface area (Å²) in [5.41, 5.74) is 0. The minimum atomic E-state index is -0.775. The Labute approximate surface area is 117 Å². The first-order valence-electron chi connectivity index (χ1n) is 7.10. The maximum absolute atomic E-state index is 11.7. The molecule has 7 heteroatoms. The number of urea groups is 1. The Kier molecular flexibility index (Phi) is 4.81. The van der Waals surface area contributed by atoms with E-state index >= 15 is 0 Å². The smallest absolute Gasteiger partial charge is 0.315 e. The van der Waals surface area contributed by atoms with Crippen molar-refractivity contribution in [3.63, 3.8) is 0 Å². The topological polar surface area (TPSA) is 108 Å². The molecule has 3 unspecified atom stereocenters. The summed E-state index contributed by atoms with van der Waals surface area (Å²) in [5, 5.41) is 17.2. The molecule has 20 heavy (non-hydrogen) atoms. The van der Waals surface area contributed by atoms with Crippen LogP contribution in [0.25, 0.3) is 0 Å². The third-order valence-corrected chi connectivity index (χ3v) is 4.06. The van der Waals surface area contributed by atoms with Crippen LogP contribution in [0.2, 0.25) is 0 Å². The summed E-state index contributed by atoms with van der Waals surface area (Å²) >= 11 is 0. The van der Waals surface area contributed by atoms with E-state index in [2.05, 4.69) is 16.0 Å². The normalized spacial score (nSPS) is 29.6. The second kappa shape index (κ2) is 6.58. The Morgan fingerprint density at radius 2 is 2.05 bits per heavy atom. The van der Waals surface area contributed by atoms with Crippen LogP contribution in [0.4, 0.5) is 4.79 Å². The highest BCUT2D eigenvalue weighted by Crippen LogP contribution is 2.29. The molecule has 2 aliphatic rings. The molecule has 0 radical (unpaired) electrons. The molecule has 112 valence electrons. The van der Waals surface area contributed by atoms with Gasteiger partial charge in [-0.25, -0.2) is 4.79 Å². The number of carbonyl (C=O) groups is 3. The monoisotopic (exact) mass is 283 g/mol. The number of hydrogen-bond acceptors (Lipinski definition) is 3. The summed E-state index contributed by atoms with van der Waals surface area (Å²) in [6, 6.07) is -0.509. The van der Waals surface area contributed by atoms with Crippen molar-refractivity contribution < 1.29 is 19.5 Å². The van der Waals surface area contributed by atoms with Crippen molar-refractivity contribution >= 4 is 17.9 Å². The van der Waals surface area contributed by atoms with E-state index in [4.69, 9.17) is 5.11 Å². The predicted octanol–water partition coefficient (Wildman–Crippen LogP) is 0.0651. The lowest BCUT2D eigenvalue weighted by Gasteiger charge is -2.28. The van der Waals surface area contributed by atoms with Crippen LogP contribution in [0.3, 0.4) is 0 Å². The minimum Gasteiger partial charge on any atom is -0.481 e. The Morgan fingerprint density at radius 3 is 2.70 bits per heavy atom. The van der Waals surface area contributed by atoms with Gasteiger partial charge in [0.2, 0.25) is 5.91 Å². The number of aliphatic carboxylic acids is 1. The highest BCUT2D eigenvalue weighted by atomic mass is 16.4. The summed E-state index contributed by atoms with van der Waals surface area (Å²) in [6.07, 6.45) is 3.77. The zero-order valence-corrected chi connectivity index (χ0v) is 11.4. The van der Waals surface area contributed by atoms with Gasteiger partial charge in [-0.1, -0.05) is 12.8 Å². The van der Waals surface area contributed by atoms with Crippen LogP contribution in [0, 0.1) is 11.8 Å². The van der Waals surface area contributed by atoms with E-state index in [1.807, 2.05) is 0 Å². The van der Waals surface area contributed by atoms with Crippen molar-refractivity contribution in [1.82, 2.24) is 16.0 Å². The molecule has 7 nitrogen and oxygen atoms in total. The van der Waals surface area contributed by atoms with E-state index < -0.39 is 5.97 Å². The van der Waals surface area contributed by atoms with Crippen LogP contribution >= 0.6 is 0 Å². The number of carbonyl (C=O) groups excluding carboxylic acids is 2. The van der Waals surface area contributed by atoms with Crippen LogP contribution in [0.5, 0.6) is 0 Å². The Hall–Kier alpha value is -1.79. The van der Waals surface area contributed by atoms with Crippen LogP contribution in [-0.2, 0) is 9.59 Å². The molecule has 1 heterocycles. The second-order valence-electron chi connectivity index (χ2n) is 5.55. The predicted molar refractivity (Wildman–Crippen MR) is 71.0 cm³/mol. The number of carboxylic acid groups (broad SMARTS) is 1. The van der Waals surface area contributed by atoms with Crippen molar-refractivity contribution in [2.45, 2.75) is 38.1 Å². The van der Waals surface area contributed by atoms with Crippen LogP contribution in [0.1, 0.15) is 32.1 Å². The second-order valence-corrected chi connectivity index (χ2v) is 5.55. The first-order valence-corrected chi connectivity index (χ1v) is 7.10. The van der Waals surface area contributed by atoms with Crippen molar-refractivity contribution in [2.24, 2.45) is 11.8 Å². The number of nitrogens with one attached hydrogen (secondary N) is 3. The highest BCUT2D eigenvalue weighted by Gasteiger charge is 2.31. The van der Waals surface area contributed by atoms with E-state index in [0.717, 1.165) is 19.3 Å². The standard InChI is InChI=1S/C13H21N3O4/c17-11-5-9(7-14-11)16-13(20)15-6-8-3-1-2-4-10(8)12(18)19/h8-10H,1-7H2,(H,14,17)(H,18,19)(H2,15,16,20). The van der Waals surface area contributed by atoms with E-state index in [9.17, 15) is 14.4 Å². The largest absolute Gasteiger partial charge is 0.481 e. The quantitative estimate of drug-likeness (QED) is 0.585. The molecule has 0 bridgehead atoms. The lowest BCUT2D eigenvalue weighted by Crippen LogP contribution is -2.46. The Bertz CT molecular complexity index is 399. The van der Waals surface area contributed by atoms with Gasteiger partial charge in [-0.05, 0) is 18.8 Å². The van der Waals surface area contributed by atoms with E-state index in [1.165, 1.54) is 0 Å². The summed E-state index contributed by atoms with van der Waals surface area (Å²) in [6.45, 7) is 0.824. The molecule has 1 aliphatic heterocycles. The van der Waals surface area contributed by atoms with Gasteiger partial charge in [0.1, 0.15) is 0 Å². The first-order chi connectivity index (χ1) is 9.56. The molecular formula is C13H21N3O4. The fourth-order valence-corrected chi connectivity index (χ4v) is 2.94. The summed E-state index contributed by atoms with van der Waals surface area (Å²) in [7, 11) is 0. The average Bonchev–Trinajstić information content (AvgIpc) is 2.82. The van der Waals surface area contributed by atoms with Crippen molar-refractivity contribution in [1.29, 1.82) is 0 Å². The fourth-order valence-electron chi connectivity index (χ4n) is 2.94. The van der Waals surface area contributed by atoms with Gasteiger partial charge in [0.25, 0.3) is 0 Å². The molecule has 0 aromatic carbocycles. The van der Waals surface area contributed by atoms with Gasteiger partial charge in [-0.2, -0.15) is 0 Å². The van der Waals surface area contributed by atoms with Gasteiger partial charge in [-0.15, -0.1) is 0 Å². The number of hydrogen-bond donors (Lipinski definition) is 4. The maximum atomic E-state index is 11.7. The molecule has 0 aromatic rings. The Balaban J connectivity index is 1.74. The van der Waals surface area contributed by atoms with Gasteiger partial charge >= 0.3 is 12.0 Å². The molecule has 0 spiro atoms. The van der Waals surface area contributed by atoms with Crippen LogP contribution < -0.4 is 16.0 Å². The lowest BCUT2D eigenvalue weighted by molar-refractivity contribution is -0.144. The molecule has 1 saturated heterocycles. The fraction of sp³-hybridized carbons (Fsp3) is 0.769. The van der Waals surface area contributed by atoms with Gasteiger partial charge < -0.3 is 21.1 Å². The zero-order chi connectivity index (χ0) is 14.5. The van der Waals surface area contributed by atoms with Crippen molar-refractivity contribution in [3.8, 4) is 0 Å². The molecule has 1 saturated carbocycles. The number of carboxylic acids is 1. The molecule has 4 N–H and O–H groups in total. The van der Waals surface area contributed by atoms with E-state index in [1.54, 1.807) is 0 Å². The molecule has 2 fully saturated rings. The molecule has 3 amide bonds. The Morgan fingerprint density at radius 1 is 1.30 bits per heavy atom. The van der Waals surface area contributed by atoms with Crippen molar-refractivity contribution in [3.05, 3.63) is 0 Å². The van der Waals surface area contributed by atoms with E-state index in [0.29, 0.717) is 25.9 Å². The van der Waals surface area contributed by atoms with Gasteiger partial charge in [0.15, 0.2) is 0 Å². The molecule has 2 rings (SSSR count). The van der Waals surface area contributed by atoms with Crippen LogP contribution in [-0.4, -0.2) is 42.1 Å². The number of amides is 3. The molecular weight excluding hydrogens is 262 g/mol. The van der Waals surface area contributed by atoms with Gasteiger partial charge in [0.05, 0.1) is 12.0 Å². The van der Waals surface area contributed by atoms with Crippen molar-refractivity contribution in [2.75, 3.05) is 13.1 Å². The summed E-state index contributed by atoms with van der Waals surface area (Å²) in [5.74, 6) is -1.20. The number of rotatable bonds is 4. The maximum Gasteiger partial charge on any atom is 0.315 e.